The zero-order valence-corrected chi connectivity index (χ0v) is 10.6. The van der Waals surface area contributed by atoms with Crippen LogP contribution in [0.2, 0.25) is 0 Å². The number of nitrogens with zero attached hydrogens (tertiary/aromatic N) is 2. The number of nitrogens with one attached hydrogen (secondary N) is 1. The minimum Gasteiger partial charge on any atom is -0.481 e. The van der Waals surface area contributed by atoms with E-state index in [-0.39, 0.29) is 0 Å². The second-order valence-corrected chi connectivity index (χ2v) is 4.72. The van der Waals surface area contributed by atoms with Crippen molar-refractivity contribution in [3.63, 3.8) is 0 Å². The summed E-state index contributed by atoms with van der Waals surface area (Å²) >= 11 is 0. The van der Waals surface area contributed by atoms with Crippen LogP contribution >= 0.6 is 0 Å². The van der Waals surface area contributed by atoms with Gasteiger partial charge in [0.2, 0.25) is 5.88 Å². The first kappa shape index (κ1) is 12.2. The van der Waals surface area contributed by atoms with Crippen LogP contribution in [0, 0.1) is 5.92 Å². The van der Waals surface area contributed by atoms with Crippen LogP contribution < -0.4 is 10.1 Å². The minimum absolute atomic E-state index is 0.663. The zero-order valence-electron chi connectivity index (χ0n) is 10.6. The smallest absolute Gasteiger partial charge is 0.214 e. The molecular formula is C13H21N3O. The van der Waals surface area contributed by atoms with E-state index in [0.29, 0.717) is 5.88 Å². The Balaban J connectivity index is 1.84. The summed E-state index contributed by atoms with van der Waals surface area (Å²) in [7, 11) is 3.83. The van der Waals surface area contributed by atoms with Gasteiger partial charge < -0.3 is 15.0 Å². The van der Waals surface area contributed by atoms with Crippen LogP contribution in [0.1, 0.15) is 12.8 Å². The van der Waals surface area contributed by atoms with Crippen molar-refractivity contribution in [2.75, 3.05) is 39.1 Å². The van der Waals surface area contributed by atoms with Crippen molar-refractivity contribution in [1.82, 2.24) is 9.88 Å². The molecule has 1 unspecified atom stereocenters. The number of piperidine rings is 1. The first-order chi connectivity index (χ1) is 8.28. The van der Waals surface area contributed by atoms with Crippen molar-refractivity contribution in [1.29, 1.82) is 0 Å². The van der Waals surface area contributed by atoms with E-state index in [1.54, 1.807) is 7.11 Å². The van der Waals surface area contributed by atoms with Crippen LogP contribution in [0.25, 0.3) is 0 Å². The Bertz CT molecular complexity index is 356. The number of pyridine rings is 1. The lowest BCUT2D eigenvalue weighted by Gasteiger charge is -2.29. The highest BCUT2D eigenvalue weighted by atomic mass is 16.5. The maximum atomic E-state index is 5.10. The van der Waals surface area contributed by atoms with Crippen LogP contribution in [-0.2, 0) is 0 Å². The molecule has 1 aromatic heterocycles. The monoisotopic (exact) mass is 235 g/mol. The van der Waals surface area contributed by atoms with E-state index in [4.69, 9.17) is 4.74 Å². The lowest BCUT2D eigenvalue weighted by atomic mass is 9.98. The van der Waals surface area contributed by atoms with Gasteiger partial charge in [-0.25, -0.2) is 0 Å². The van der Waals surface area contributed by atoms with E-state index in [1.165, 1.54) is 25.9 Å². The van der Waals surface area contributed by atoms with Gasteiger partial charge in [0.1, 0.15) is 5.82 Å². The third-order valence-corrected chi connectivity index (χ3v) is 3.23. The standard InChI is InChI=1S/C13H21N3O/c1-16-8-4-5-11(10-16)9-14-12-6-3-7-13(15-12)17-2/h3,6-7,11H,4-5,8-10H2,1-2H3,(H,14,15). The Kier molecular flexibility index (Phi) is 4.20. The normalized spacial score (nSPS) is 21.2. The molecule has 4 heteroatoms. The Morgan fingerprint density at radius 1 is 1.53 bits per heavy atom. The molecule has 0 radical (unpaired) electrons. The number of ether oxygens (including phenoxy) is 1. The number of hydrogen-bond acceptors (Lipinski definition) is 4. The molecule has 1 aliphatic heterocycles. The molecule has 17 heavy (non-hydrogen) atoms. The molecule has 94 valence electrons. The third kappa shape index (κ3) is 3.60. The molecule has 0 spiro atoms. The zero-order chi connectivity index (χ0) is 12.1. The van der Waals surface area contributed by atoms with Crippen molar-refractivity contribution in [2.45, 2.75) is 12.8 Å². The van der Waals surface area contributed by atoms with Crippen LogP contribution in [-0.4, -0.2) is 43.7 Å². The molecular weight excluding hydrogens is 214 g/mol. The quantitative estimate of drug-likeness (QED) is 0.864. The molecule has 0 aliphatic carbocycles. The molecule has 0 amide bonds. The molecule has 2 rings (SSSR count). The first-order valence-electron chi connectivity index (χ1n) is 6.21. The summed E-state index contributed by atoms with van der Waals surface area (Å²) in [5, 5.41) is 3.39. The first-order valence-corrected chi connectivity index (χ1v) is 6.21. The Morgan fingerprint density at radius 3 is 3.18 bits per heavy atom. The highest BCUT2D eigenvalue weighted by Crippen LogP contribution is 2.16. The van der Waals surface area contributed by atoms with Crippen LogP contribution in [0.4, 0.5) is 5.82 Å². The Morgan fingerprint density at radius 2 is 2.41 bits per heavy atom. The second kappa shape index (κ2) is 5.87. The van der Waals surface area contributed by atoms with Gasteiger partial charge in [0.05, 0.1) is 7.11 Å². The number of methoxy groups -OCH3 is 1. The molecule has 0 bridgehead atoms. The maximum Gasteiger partial charge on any atom is 0.214 e. The molecule has 1 atom stereocenters. The SMILES string of the molecule is COc1cccc(NCC2CCCN(C)C2)n1. The van der Waals surface area contributed by atoms with E-state index in [0.717, 1.165) is 18.3 Å². The third-order valence-electron chi connectivity index (χ3n) is 3.23. The molecule has 4 nitrogen and oxygen atoms in total. The molecule has 1 saturated heterocycles. The van der Waals surface area contributed by atoms with Gasteiger partial charge in [0, 0.05) is 19.2 Å². The number of hydrogen-bond donors (Lipinski definition) is 1. The average molecular weight is 235 g/mol. The molecule has 2 heterocycles. The van der Waals surface area contributed by atoms with Crippen LogP contribution in [0.3, 0.4) is 0 Å². The minimum atomic E-state index is 0.663. The van der Waals surface area contributed by atoms with E-state index >= 15 is 0 Å². The van der Waals surface area contributed by atoms with Crippen molar-refractivity contribution < 1.29 is 4.74 Å². The molecule has 0 saturated carbocycles. The summed E-state index contributed by atoms with van der Waals surface area (Å²) < 4.78 is 5.10. The topological polar surface area (TPSA) is 37.4 Å². The Hall–Kier alpha value is -1.29. The van der Waals surface area contributed by atoms with Gasteiger partial charge in [0.25, 0.3) is 0 Å². The summed E-state index contributed by atoms with van der Waals surface area (Å²) in [5.41, 5.74) is 0. The maximum absolute atomic E-state index is 5.10. The summed E-state index contributed by atoms with van der Waals surface area (Å²) in [6, 6.07) is 5.80. The molecule has 0 aromatic carbocycles. The highest BCUT2D eigenvalue weighted by molar-refractivity contribution is 5.37. The van der Waals surface area contributed by atoms with E-state index in [9.17, 15) is 0 Å². The predicted molar refractivity (Wildman–Crippen MR) is 69.5 cm³/mol. The fourth-order valence-electron chi connectivity index (χ4n) is 2.32. The van der Waals surface area contributed by atoms with E-state index in [2.05, 4.69) is 22.2 Å². The largest absolute Gasteiger partial charge is 0.481 e. The van der Waals surface area contributed by atoms with Gasteiger partial charge in [-0.15, -0.1) is 0 Å². The van der Waals surface area contributed by atoms with Gasteiger partial charge in [-0.05, 0) is 38.4 Å². The van der Waals surface area contributed by atoms with Gasteiger partial charge in [-0.3, -0.25) is 0 Å². The summed E-state index contributed by atoms with van der Waals surface area (Å²) in [6.07, 6.45) is 2.61. The average Bonchev–Trinajstić information content (AvgIpc) is 2.37. The van der Waals surface area contributed by atoms with Gasteiger partial charge in [0.15, 0.2) is 0 Å². The fourth-order valence-corrected chi connectivity index (χ4v) is 2.32. The number of likely N-dealkylation sites (tertiary alicyclic amines) is 1. The van der Waals surface area contributed by atoms with E-state index in [1.807, 2.05) is 18.2 Å². The van der Waals surface area contributed by atoms with Gasteiger partial charge in [-0.2, -0.15) is 4.98 Å². The lowest BCUT2D eigenvalue weighted by Crippen LogP contribution is -2.35. The summed E-state index contributed by atoms with van der Waals surface area (Å²) in [4.78, 5) is 6.75. The van der Waals surface area contributed by atoms with Crippen molar-refractivity contribution in [2.24, 2.45) is 5.92 Å². The van der Waals surface area contributed by atoms with Crippen molar-refractivity contribution >= 4 is 5.82 Å². The fraction of sp³-hybridized carbons (Fsp3) is 0.615. The van der Waals surface area contributed by atoms with E-state index < -0.39 is 0 Å². The van der Waals surface area contributed by atoms with Crippen LogP contribution in [0.5, 0.6) is 5.88 Å². The number of rotatable bonds is 4. The van der Waals surface area contributed by atoms with Crippen molar-refractivity contribution in [3.05, 3.63) is 18.2 Å². The Labute approximate surface area is 103 Å². The highest BCUT2D eigenvalue weighted by Gasteiger charge is 2.16. The van der Waals surface area contributed by atoms with Crippen molar-refractivity contribution in [3.8, 4) is 5.88 Å². The molecule has 1 aromatic rings. The second-order valence-electron chi connectivity index (χ2n) is 4.72. The summed E-state index contributed by atoms with van der Waals surface area (Å²) in [6.45, 7) is 3.40. The van der Waals surface area contributed by atoms with Crippen LogP contribution in [0.15, 0.2) is 18.2 Å². The molecule has 1 N–H and O–H groups in total. The lowest BCUT2D eigenvalue weighted by molar-refractivity contribution is 0.217. The molecule has 1 aliphatic rings. The molecule has 1 fully saturated rings. The predicted octanol–water partition coefficient (Wildman–Crippen LogP) is 1.84. The van der Waals surface area contributed by atoms with Gasteiger partial charge >= 0.3 is 0 Å². The summed E-state index contributed by atoms with van der Waals surface area (Å²) in [5.74, 6) is 2.29. The van der Waals surface area contributed by atoms with Gasteiger partial charge in [-0.1, -0.05) is 6.07 Å². The number of aromatic nitrogens is 1. The number of anilines is 1.